The monoisotopic (exact) mass is 405 g/mol. The molecule has 1 atom stereocenters. The Morgan fingerprint density at radius 2 is 1.93 bits per heavy atom. The van der Waals surface area contributed by atoms with Crippen LogP contribution in [-0.2, 0) is 0 Å². The zero-order valence-electron chi connectivity index (χ0n) is 16.8. The van der Waals surface area contributed by atoms with Gasteiger partial charge in [0.15, 0.2) is 0 Å². The van der Waals surface area contributed by atoms with Gasteiger partial charge in [0.05, 0.1) is 35.5 Å². The number of amides is 1. The molecule has 0 spiro atoms. The average molecular weight is 405 g/mol. The van der Waals surface area contributed by atoms with Crippen molar-refractivity contribution in [2.24, 2.45) is 0 Å². The summed E-state index contributed by atoms with van der Waals surface area (Å²) < 4.78 is 23.9. The van der Waals surface area contributed by atoms with Gasteiger partial charge in [-0.05, 0) is 61.9 Å². The molecular weight excluding hydrogens is 385 g/mol. The van der Waals surface area contributed by atoms with Gasteiger partial charge in [-0.2, -0.15) is 0 Å². The summed E-state index contributed by atoms with van der Waals surface area (Å²) in [5.41, 5.74) is 3.30. The molecule has 0 aliphatic rings. The summed E-state index contributed by atoms with van der Waals surface area (Å²) in [4.78, 5) is 17.6. The first kappa shape index (κ1) is 19.6. The highest BCUT2D eigenvalue weighted by atomic mass is 19.1. The maximum Gasteiger partial charge on any atom is 0.259 e. The van der Waals surface area contributed by atoms with E-state index < -0.39 is 0 Å². The van der Waals surface area contributed by atoms with Gasteiger partial charge in [-0.1, -0.05) is 17.3 Å². The molecule has 0 unspecified atom stereocenters. The number of hydrogen-bond donors (Lipinski definition) is 1. The lowest BCUT2D eigenvalue weighted by molar-refractivity contribution is 0.0941. The van der Waals surface area contributed by atoms with Crippen molar-refractivity contribution in [2.45, 2.75) is 19.9 Å². The van der Waals surface area contributed by atoms with Crippen molar-refractivity contribution in [3.63, 3.8) is 0 Å². The van der Waals surface area contributed by atoms with Crippen molar-refractivity contribution in [2.75, 3.05) is 7.11 Å². The molecule has 2 aromatic heterocycles. The normalized spacial score (nSPS) is 12.0. The fourth-order valence-corrected chi connectivity index (χ4v) is 3.31. The van der Waals surface area contributed by atoms with Crippen LogP contribution in [0.4, 0.5) is 4.39 Å². The minimum Gasteiger partial charge on any atom is -0.497 e. The van der Waals surface area contributed by atoms with Gasteiger partial charge in [-0.3, -0.25) is 4.79 Å². The molecule has 0 saturated carbocycles. The molecular formula is C23H20FN3O3. The van der Waals surface area contributed by atoms with Crippen molar-refractivity contribution in [3.05, 3.63) is 77.2 Å². The standard InChI is InChI=1S/C23H20FN3O3/c1-13(16-5-4-6-18(11-16)29-3)25-22(28)19-12-20(15-7-9-17(24)10-8-15)26-23-21(19)14(2)27-30-23/h4-13H,1-3H3,(H,25,28)/t13-/m1/s1. The zero-order valence-corrected chi connectivity index (χ0v) is 16.8. The van der Waals surface area contributed by atoms with Gasteiger partial charge >= 0.3 is 0 Å². The Hall–Kier alpha value is -3.74. The minimum absolute atomic E-state index is 0.258. The predicted octanol–water partition coefficient (Wildman–Crippen LogP) is 4.84. The van der Waals surface area contributed by atoms with Crippen LogP contribution in [0.5, 0.6) is 5.75 Å². The molecule has 4 aromatic rings. The third kappa shape index (κ3) is 3.74. The Kier molecular flexibility index (Phi) is 5.18. The smallest absolute Gasteiger partial charge is 0.259 e. The van der Waals surface area contributed by atoms with Crippen LogP contribution in [0.25, 0.3) is 22.4 Å². The average Bonchev–Trinajstić information content (AvgIpc) is 3.14. The molecule has 7 heteroatoms. The fourth-order valence-electron chi connectivity index (χ4n) is 3.31. The molecule has 0 saturated heterocycles. The molecule has 2 heterocycles. The quantitative estimate of drug-likeness (QED) is 0.514. The number of rotatable bonds is 5. The second kappa shape index (κ2) is 7.94. The summed E-state index contributed by atoms with van der Waals surface area (Å²) in [5, 5.41) is 7.51. The molecule has 0 bridgehead atoms. The van der Waals surface area contributed by atoms with Crippen LogP contribution in [0.3, 0.4) is 0 Å². The van der Waals surface area contributed by atoms with Gasteiger partial charge in [0.2, 0.25) is 0 Å². The number of halogens is 1. The number of benzene rings is 2. The summed E-state index contributed by atoms with van der Waals surface area (Å²) in [7, 11) is 1.60. The molecule has 0 radical (unpaired) electrons. The van der Waals surface area contributed by atoms with E-state index >= 15 is 0 Å². The van der Waals surface area contributed by atoms with Crippen molar-refractivity contribution in [3.8, 4) is 17.0 Å². The maximum absolute atomic E-state index is 13.3. The van der Waals surface area contributed by atoms with Gasteiger partial charge in [-0.15, -0.1) is 0 Å². The van der Waals surface area contributed by atoms with Crippen LogP contribution in [-0.4, -0.2) is 23.2 Å². The first-order valence-corrected chi connectivity index (χ1v) is 9.44. The lowest BCUT2D eigenvalue weighted by Gasteiger charge is -2.16. The van der Waals surface area contributed by atoms with E-state index in [1.807, 2.05) is 31.2 Å². The number of aryl methyl sites for hydroxylation is 1. The van der Waals surface area contributed by atoms with Gasteiger partial charge in [0, 0.05) is 5.56 Å². The first-order valence-electron chi connectivity index (χ1n) is 9.44. The number of nitrogens with zero attached hydrogens (tertiary/aromatic N) is 2. The first-order chi connectivity index (χ1) is 14.5. The van der Waals surface area contributed by atoms with E-state index in [-0.39, 0.29) is 23.5 Å². The van der Waals surface area contributed by atoms with Gasteiger partial charge in [0.25, 0.3) is 11.6 Å². The number of methoxy groups -OCH3 is 1. The predicted molar refractivity (Wildman–Crippen MR) is 111 cm³/mol. The number of carbonyl (C=O) groups excluding carboxylic acids is 1. The van der Waals surface area contributed by atoms with E-state index in [0.29, 0.717) is 33.7 Å². The number of nitrogens with one attached hydrogen (secondary N) is 1. The van der Waals surface area contributed by atoms with E-state index in [0.717, 1.165) is 5.56 Å². The summed E-state index contributed by atoms with van der Waals surface area (Å²) >= 11 is 0. The zero-order chi connectivity index (χ0) is 21.3. The summed E-state index contributed by atoms with van der Waals surface area (Å²) in [6.07, 6.45) is 0. The Bertz CT molecular complexity index is 1220. The van der Waals surface area contributed by atoms with Crippen LogP contribution in [0.1, 0.15) is 34.6 Å². The Balaban J connectivity index is 1.72. The van der Waals surface area contributed by atoms with E-state index in [9.17, 15) is 9.18 Å². The van der Waals surface area contributed by atoms with Crippen LogP contribution in [0, 0.1) is 12.7 Å². The van der Waals surface area contributed by atoms with Crippen molar-refractivity contribution in [1.82, 2.24) is 15.5 Å². The van der Waals surface area contributed by atoms with Crippen molar-refractivity contribution >= 4 is 17.0 Å². The minimum atomic E-state index is -0.347. The number of pyridine rings is 1. The Morgan fingerprint density at radius 3 is 2.67 bits per heavy atom. The largest absolute Gasteiger partial charge is 0.497 e. The number of carbonyl (C=O) groups is 1. The molecule has 1 amide bonds. The second-order valence-electron chi connectivity index (χ2n) is 6.98. The summed E-state index contributed by atoms with van der Waals surface area (Å²) in [5.74, 6) is 0.0844. The van der Waals surface area contributed by atoms with Crippen LogP contribution < -0.4 is 10.1 Å². The van der Waals surface area contributed by atoms with E-state index in [1.54, 1.807) is 32.2 Å². The highest BCUT2D eigenvalue weighted by Crippen LogP contribution is 2.28. The lowest BCUT2D eigenvalue weighted by Crippen LogP contribution is -2.27. The Morgan fingerprint density at radius 1 is 1.17 bits per heavy atom. The van der Waals surface area contributed by atoms with Gasteiger partial charge < -0.3 is 14.6 Å². The SMILES string of the molecule is COc1cccc([C@@H](C)NC(=O)c2cc(-c3ccc(F)cc3)nc3onc(C)c23)c1. The van der Waals surface area contributed by atoms with Gasteiger partial charge in [0.1, 0.15) is 11.6 Å². The molecule has 2 aromatic carbocycles. The molecule has 6 nitrogen and oxygen atoms in total. The molecule has 152 valence electrons. The molecule has 0 aliphatic heterocycles. The molecule has 30 heavy (non-hydrogen) atoms. The maximum atomic E-state index is 13.3. The third-order valence-corrected chi connectivity index (χ3v) is 4.94. The number of ether oxygens (including phenoxy) is 1. The molecule has 1 N–H and O–H groups in total. The fraction of sp³-hybridized carbons (Fsp3) is 0.174. The lowest BCUT2D eigenvalue weighted by atomic mass is 10.0. The number of fused-ring (bicyclic) bond motifs is 1. The van der Waals surface area contributed by atoms with E-state index in [1.165, 1.54) is 12.1 Å². The number of aromatic nitrogens is 2. The summed E-state index contributed by atoms with van der Waals surface area (Å²) in [6.45, 7) is 3.65. The molecule has 0 aliphatic carbocycles. The highest BCUT2D eigenvalue weighted by Gasteiger charge is 2.21. The van der Waals surface area contributed by atoms with Crippen LogP contribution in [0.15, 0.2) is 59.1 Å². The topological polar surface area (TPSA) is 77.2 Å². The highest BCUT2D eigenvalue weighted by molar-refractivity contribution is 6.07. The van der Waals surface area contributed by atoms with Crippen molar-refractivity contribution in [1.29, 1.82) is 0 Å². The van der Waals surface area contributed by atoms with E-state index in [4.69, 9.17) is 9.26 Å². The Labute approximate surface area is 172 Å². The second-order valence-corrected chi connectivity index (χ2v) is 6.98. The molecule has 0 fully saturated rings. The summed E-state index contributed by atoms with van der Waals surface area (Å²) in [6, 6.07) is 14.8. The van der Waals surface area contributed by atoms with Gasteiger partial charge in [-0.25, -0.2) is 9.37 Å². The van der Waals surface area contributed by atoms with E-state index in [2.05, 4.69) is 15.5 Å². The van der Waals surface area contributed by atoms with Crippen molar-refractivity contribution < 1.29 is 18.4 Å². The molecule has 4 rings (SSSR count). The number of hydrogen-bond acceptors (Lipinski definition) is 5. The third-order valence-electron chi connectivity index (χ3n) is 4.94. The van der Waals surface area contributed by atoms with Crippen LogP contribution in [0.2, 0.25) is 0 Å². The van der Waals surface area contributed by atoms with Crippen LogP contribution >= 0.6 is 0 Å².